The number of halogens is 1. The van der Waals surface area contributed by atoms with E-state index >= 15 is 0 Å². The Kier molecular flexibility index (Phi) is 9.92. The van der Waals surface area contributed by atoms with Gasteiger partial charge < -0.3 is 10.2 Å². The van der Waals surface area contributed by atoms with Crippen LogP contribution in [0.1, 0.15) is 42.5 Å². The number of hydrogen-bond donors (Lipinski definition) is 1. The number of thioether (sulfide) groups is 1. The van der Waals surface area contributed by atoms with E-state index in [0.29, 0.717) is 18.8 Å². The summed E-state index contributed by atoms with van der Waals surface area (Å²) in [6, 6.07) is 13.8. The van der Waals surface area contributed by atoms with Gasteiger partial charge in [-0.05, 0) is 50.5 Å². The largest absolute Gasteiger partial charge is 0.354 e. The molecule has 0 saturated carbocycles. The quantitative estimate of drug-likeness (QED) is 0.495. The third-order valence-corrected chi connectivity index (χ3v) is 6.22. The minimum atomic E-state index is -0.523. The second kappa shape index (κ2) is 12.2. The van der Waals surface area contributed by atoms with Crippen LogP contribution in [-0.4, -0.2) is 35.1 Å². The van der Waals surface area contributed by atoms with Crippen molar-refractivity contribution >= 4 is 39.5 Å². The van der Waals surface area contributed by atoms with Gasteiger partial charge in [0.15, 0.2) is 0 Å². The highest BCUT2D eigenvalue weighted by Gasteiger charge is 2.25. The van der Waals surface area contributed by atoms with Gasteiger partial charge in [0.25, 0.3) is 0 Å². The predicted molar refractivity (Wildman–Crippen MR) is 130 cm³/mol. The third-order valence-electron chi connectivity index (χ3n) is 4.73. The van der Waals surface area contributed by atoms with Crippen molar-refractivity contribution in [2.45, 2.75) is 52.5 Å². The Balaban J connectivity index is 2.07. The second-order valence-electron chi connectivity index (χ2n) is 7.61. The average Bonchev–Trinajstić information content (AvgIpc) is 2.69. The molecule has 2 aromatic rings. The van der Waals surface area contributed by atoms with E-state index in [-0.39, 0.29) is 11.8 Å². The molecule has 0 aliphatic heterocycles. The number of hydrogen-bond acceptors (Lipinski definition) is 3. The van der Waals surface area contributed by atoms with Crippen LogP contribution in [0.2, 0.25) is 0 Å². The van der Waals surface area contributed by atoms with Gasteiger partial charge in [0, 0.05) is 23.3 Å². The molecule has 0 heterocycles. The van der Waals surface area contributed by atoms with Crippen LogP contribution in [0.5, 0.6) is 0 Å². The molecule has 0 unspecified atom stereocenters. The molecule has 1 N–H and O–H groups in total. The number of carbonyl (C=O) groups is 2. The fourth-order valence-electron chi connectivity index (χ4n) is 3.30. The molecule has 162 valence electrons. The maximum absolute atomic E-state index is 13.1. The fraction of sp³-hybridized carbons (Fsp3) is 0.417. The zero-order valence-electron chi connectivity index (χ0n) is 18.2. The van der Waals surface area contributed by atoms with Crippen molar-refractivity contribution in [2.24, 2.45) is 0 Å². The molecule has 0 radical (unpaired) electrons. The van der Waals surface area contributed by atoms with Crippen LogP contribution in [0.15, 0.2) is 46.9 Å². The molecule has 4 nitrogen and oxygen atoms in total. The first-order chi connectivity index (χ1) is 14.3. The number of rotatable bonds is 10. The van der Waals surface area contributed by atoms with E-state index in [1.54, 1.807) is 23.6 Å². The molecule has 1 atom stereocenters. The van der Waals surface area contributed by atoms with Gasteiger partial charge in [0.2, 0.25) is 11.8 Å². The zero-order chi connectivity index (χ0) is 22.1. The van der Waals surface area contributed by atoms with E-state index in [9.17, 15) is 9.59 Å². The minimum Gasteiger partial charge on any atom is -0.354 e. The van der Waals surface area contributed by atoms with Crippen molar-refractivity contribution in [2.75, 3.05) is 12.3 Å². The smallest absolute Gasteiger partial charge is 0.242 e. The molecule has 0 fully saturated rings. The molecule has 6 heteroatoms. The van der Waals surface area contributed by atoms with Gasteiger partial charge in [-0.3, -0.25) is 9.59 Å². The number of aryl methyl sites for hydroxylation is 2. The zero-order valence-corrected chi connectivity index (χ0v) is 20.6. The van der Waals surface area contributed by atoms with Crippen LogP contribution in [0.3, 0.4) is 0 Å². The number of nitrogens with zero attached hydrogens (tertiary/aromatic N) is 1. The summed E-state index contributed by atoms with van der Waals surface area (Å²) in [6.07, 6.45) is 0.865. The summed E-state index contributed by atoms with van der Waals surface area (Å²) < 4.78 is 0.958. The Bertz CT molecular complexity index is 852. The van der Waals surface area contributed by atoms with Gasteiger partial charge >= 0.3 is 0 Å². The number of benzene rings is 2. The van der Waals surface area contributed by atoms with Crippen LogP contribution in [0.25, 0.3) is 0 Å². The topological polar surface area (TPSA) is 49.4 Å². The van der Waals surface area contributed by atoms with Crippen LogP contribution in [-0.2, 0) is 21.9 Å². The van der Waals surface area contributed by atoms with Gasteiger partial charge in [0.1, 0.15) is 6.04 Å². The van der Waals surface area contributed by atoms with E-state index < -0.39 is 6.04 Å². The number of amides is 2. The van der Waals surface area contributed by atoms with Crippen molar-refractivity contribution in [3.05, 3.63) is 69.2 Å². The summed E-state index contributed by atoms with van der Waals surface area (Å²) >= 11 is 5.07. The van der Waals surface area contributed by atoms with Crippen molar-refractivity contribution in [1.82, 2.24) is 10.2 Å². The Morgan fingerprint density at radius 3 is 2.43 bits per heavy atom. The Labute approximate surface area is 192 Å². The van der Waals surface area contributed by atoms with Crippen LogP contribution in [0, 0.1) is 13.8 Å². The molecular formula is C24H31BrN2O2S. The summed E-state index contributed by atoms with van der Waals surface area (Å²) in [5, 5.41) is 2.91. The van der Waals surface area contributed by atoms with Gasteiger partial charge in [-0.1, -0.05) is 64.3 Å². The maximum Gasteiger partial charge on any atom is 0.242 e. The molecule has 2 amide bonds. The summed E-state index contributed by atoms with van der Waals surface area (Å²) in [5.74, 6) is 0.977. The maximum atomic E-state index is 13.1. The lowest BCUT2D eigenvalue weighted by molar-refractivity contribution is -0.138. The molecule has 0 bridgehead atoms. The SMILES string of the molecule is CCCNC(=O)[C@@H](C)N(Cc1cccc(Br)c1)C(=O)CSCc1cc(C)cc(C)c1. The van der Waals surface area contributed by atoms with Gasteiger partial charge in [0.05, 0.1) is 5.75 Å². The highest BCUT2D eigenvalue weighted by atomic mass is 79.9. The minimum absolute atomic E-state index is 0.0245. The molecule has 0 saturated heterocycles. The van der Waals surface area contributed by atoms with Crippen molar-refractivity contribution < 1.29 is 9.59 Å². The monoisotopic (exact) mass is 490 g/mol. The Morgan fingerprint density at radius 2 is 1.80 bits per heavy atom. The first-order valence-electron chi connectivity index (χ1n) is 10.3. The molecule has 0 aliphatic rings. The average molecular weight is 491 g/mol. The molecule has 0 aliphatic carbocycles. The number of nitrogens with one attached hydrogen (secondary N) is 1. The molecular weight excluding hydrogens is 460 g/mol. The molecule has 0 aromatic heterocycles. The lowest BCUT2D eigenvalue weighted by Gasteiger charge is -2.29. The van der Waals surface area contributed by atoms with Crippen LogP contribution in [0.4, 0.5) is 0 Å². The predicted octanol–water partition coefficient (Wildman–Crippen LogP) is 5.24. The normalized spacial score (nSPS) is 11.8. The summed E-state index contributed by atoms with van der Waals surface area (Å²) in [4.78, 5) is 27.3. The van der Waals surface area contributed by atoms with Crippen molar-refractivity contribution in [3.8, 4) is 0 Å². The Hall–Kier alpha value is -1.79. The highest BCUT2D eigenvalue weighted by molar-refractivity contribution is 9.10. The van der Waals surface area contributed by atoms with Crippen molar-refractivity contribution in [3.63, 3.8) is 0 Å². The van der Waals surface area contributed by atoms with Gasteiger partial charge in [-0.15, -0.1) is 11.8 Å². The number of carbonyl (C=O) groups excluding carboxylic acids is 2. The van der Waals surface area contributed by atoms with Crippen molar-refractivity contribution in [1.29, 1.82) is 0 Å². The Morgan fingerprint density at radius 1 is 1.10 bits per heavy atom. The summed E-state index contributed by atoms with van der Waals surface area (Å²) in [7, 11) is 0. The van der Waals surface area contributed by atoms with E-state index in [4.69, 9.17) is 0 Å². The second-order valence-corrected chi connectivity index (χ2v) is 9.51. The van der Waals surface area contributed by atoms with Crippen LogP contribution >= 0.6 is 27.7 Å². The van der Waals surface area contributed by atoms with Gasteiger partial charge in [-0.2, -0.15) is 0 Å². The first kappa shape index (κ1) is 24.5. The van der Waals surface area contributed by atoms with Gasteiger partial charge in [-0.25, -0.2) is 0 Å². The molecule has 30 heavy (non-hydrogen) atoms. The fourth-order valence-corrected chi connectivity index (χ4v) is 4.59. The molecule has 2 aromatic carbocycles. The highest BCUT2D eigenvalue weighted by Crippen LogP contribution is 2.19. The summed E-state index contributed by atoms with van der Waals surface area (Å²) in [5.41, 5.74) is 4.67. The third kappa shape index (κ3) is 7.80. The molecule has 2 rings (SSSR count). The van der Waals surface area contributed by atoms with Crippen LogP contribution < -0.4 is 5.32 Å². The lowest BCUT2D eigenvalue weighted by atomic mass is 10.1. The molecule has 0 spiro atoms. The van der Waals surface area contributed by atoms with E-state index in [2.05, 4.69) is 53.3 Å². The summed E-state index contributed by atoms with van der Waals surface area (Å²) in [6.45, 7) is 9.01. The van der Waals surface area contributed by atoms with E-state index in [1.807, 2.05) is 31.2 Å². The van der Waals surface area contributed by atoms with E-state index in [1.165, 1.54) is 16.7 Å². The first-order valence-corrected chi connectivity index (χ1v) is 12.2. The standard InChI is InChI=1S/C24H31BrN2O2S/c1-5-9-26-24(29)19(4)27(14-20-7-6-8-22(25)13-20)23(28)16-30-15-21-11-17(2)10-18(3)12-21/h6-8,10-13,19H,5,9,14-16H2,1-4H3,(H,26,29)/t19-/m1/s1. The lowest BCUT2D eigenvalue weighted by Crippen LogP contribution is -2.48. The van der Waals surface area contributed by atoms with E-state index in [0.717, 1.165) is 22.2 Å².